The van der Waals surface area contributed by atoms with Crippen molar-refractivity contribution >= 4 is 17.0 Å². The Morgan fingerprint density at radius 2 is 1.96 bits per heavy atom. The molecule has 0 aliphatic carbocycles. The van der Waals surface area contributed by atoms with Gasteiger partial charge in [0, 0.05) is 12.6 Å². The Balaban J connectivity index is 1.56. The number of aryl methyl sites for hydroxylation is 1. The number of oxazole rings is 1. The summed E-state index contributed by atoms with van der Waals surface area (Å²) in [7, 11) is 1.91. The topological polar surface area (TPSA) is 79.7 Å². The van der Waals surface area contributed by atoms with Crippen molar-refractivity contribution in [3.05, 3.63) is 66.1 Å². The second-order valence-corrected chi connectivity index (χ2v) is 5.64. The second kappa shape index (κ2) is 6.13. The van der Waals surface area contributed by atoms with Gasteiger partial charge in [0.15, 0.2) is 0 Å². The molecule has 0 fully saturated rings. The number of para-hydroxylation sites is 1. The zero-order chi connectivity index (χ0) is 17.2. The minimum Gasteiger partial charge on any atom is -0.444 e. The van der Waals surface area contributed by atoms with Crippen molar-refractivity contribution in [1.82, 2.24) is 14.5 Å². The van der Waals surface area contributed by atoms with Gasteiger partial charge in [-0.2, -0.15) is 5.26 Å². The molecule has 6 heteroatoms. The Labute approximate surface area is 144 Å². The lowest BCUT2D eigenvalue weighted by Gasteiger charge is -2.03. The van der Waals surface area contributed by atoms with Crippen LogP contribution in [0.15, 0.2) is 59.2 Å². The number of aromatic nitrogens is 3. The van der Waals surface area contributed by atoms with Crippen LogP contribution in [0.4, 0.5) is 5.95 Å². The maximum absolute atomic E-state index is 9.21. The first-order valence-corrected chi connectivity index (χ1v) is 7.85. The van der Waals surface area contributed by atoms with Crippen molar-refractivity contribution in [2.24, 2.45) is 7.05 Å². The van der Waals surface area contributed by atoms with Crippen LogP contribution in [0.25, 0.3) is 22.5 Å². The van der Waals surface area contributed by atoms with Crippen molar-refractivity contribution in [2.75, 3.05) is 5.32 Å². The molecule has 0 unspecified atom stereocenters. The molecule has 0 spiro atoms. The molecule has 6 nitrogen and oxygen atoms in total. The van der Waals surface area contributed by atoms with E-state index < -0.39 is 0 Å². The summed E-state index contributed by atoms with van der Waals surface area (Å²) in [4.78, 5) is 9.03. The number of hydrogen-bond acceptors (Lipinski definition) is 5. The van der Waals surface area contributed by atoms with Crippen LogP contribution in [0.5, 0.6) is 0 Å². The SMILES string of the molecule is Cn1c(NCc2coc(-c3ccccc3)n2)nc2c(C#N)cccc21. The molecule has 0 radical (unpaired) electrons. The molecule has 0 saturated carbocycles. The molecule has 25 heavy (non-hydrogen) atoms. The Morgan fingerprint density at radius 3 is 2.76 bits per heavy atom. The fourth-order valence-electron chi connectivity index (χ4n) is 2.73. The number of imidazole rings is 1. The van der Waals surface area contributed by atoms with Gasteiger partial charge in [-0.3, -0.25) is 0 Å². The Morgan fingerprint density at radius 1 is 1.12 bits per heavy atom. The molecule has 0 bridgehead atoms. The molecule has 122 valence electrons. The van der Waals surface area contributed by atoms with Gasteiger partial charge in [-0.25, -0.2) is 9.97 Å². The van der Waals surface area contributed by atoms with E-state index in [9.17, 15) is 5.26 Å². The van der Waals surface area contributed by atoms with Gasteiger partial charge in [0.1, 0.15) is 17.8 Å². The maximum atomic E-state index is 9.21. The van der Waals surface area contributed by atoms with Crippen molar-refractivity contribution in [3.8, 4) is 17.5 Å². The second-order valence-electron chi connectivity index (χ2n) is 5.64. The summed E-state index contributed by atoms with van der Waals surface area (Å²) in [6, 6.07) is 17.5. The third-order valence-corrected chi connectivity index (χ3v) is 4.03. The summed E-state index contributed by atoms with van der Waals surface area (Å²) in [5.74, 6) is 1.27. The highest BCUT2D eigenvalue weighted by molar-refractivity contribution is 5.84. The van der Waals surface area contributed by atoms with E-state index in [0.29, 0.717) is 29.5 Å². The highest BCUT2D eigenvalue weighted by Crippen LogP contribution is 2.22. The number of nitriles is 1. The molecule has 1 N–H and O–H groups in total. The molecule has 0 atom stereocenters. The van der Waals surface area contributed by atoms with E-state index in [2.05, 4.69) is 21.4 Å². The van der Waals surface area contributed by atoms with Gasteiger partial charge in [0.25, 0.3) is 0 Å². The zero-order valence-electron chi connectivity index (χ0n) is 13.6. The van der Waals surface area contributed by atoms with E-state index in [0.717, 1.165) is 16.8 Å². The molecule has 2 aromatic carbocycles. The summed E-state index contributed by atoms with van der Waals surface area (Å²) >= 11 is 0. The minimum atomic E-state index is 0.482. The van der Waals surface area contributed by atoms with Gasteiger partial charge in [-0.05, 0) is 24.3 Å². The number of nitrogens with zero attached hydrogens (tertiary/aromatic N) is 4. The number of anilines is 1. The average Bonchev–Trinajstić information content (AvgIpc) is 3.26. The Bertz CT molecular complexity index is 1070. The fourth-order valence-corrected chi connectivity index (χ4v) is 2.73. The van der Waals surface area contributed by atoms with Gasteiger partial charge < -0.3 is 14.3 Å². The first kappa shape index (κ1) is 15.0. The quantitative estimate of drug-likeness (QED) is 0.617. The van der Waals surface area contributed by atoms with Crippen molar-refractivity contribution < 1.29 is 4.42 Å². The first-order chi connectivity index (χ1) is 12.3. The van der Waals surface area contributed by atoms with E-state index in [1.54, 1.807) is 12.3 Å². The lowest BCUT2D eigenvalue weighted by atomic mass is 10.2. The molecule has 4 rings (SSSR count). The molecule has 0 aliphatic heterocycles. The van der Waals surface area contributed by atoms with Crippen LogP contribution in [0.1, 0.15) is 11.3 Å². The van der Waals surface area contributed by atoms with Gasteiger partial charge in [0.2, 0.25) is 11.8 Å². The van der Waals surface area contributed by atoms with E-state index in [1.807, 2.05) is 54.1 Å². The van der Waals surface area contributed by atoms with Crippen LogP contribution >= 0.6 is 0 Å². The van der Waals surface area contributed by atoms with Gasteiger partial charge in [0.05, 0.1) is 23.3 Å². The summed E-state index contributed by atoms with van der Waals surface area (Å²) in [5, 5.41) is 12.5. The lowest BCUT2D eigenvalue weighted by Crippen LogP contribution is -2.05. The maximum Gasteiger partial charge on any atom is 0.226 e. The average molecular weight is 329 g/mol. The van der Waals surface area contributed by atoms with Crippen molar-refractivity contribution in [1.29, 1.82) is 5.26 Å². The number of nitrogens with one attached hydrogen (secondary N) is 1. The first-order valence-electron chi connectivity index (χ1n) is 7.85. The third-order valence-electron chi connectivity index (χ3n) is 4.03. The molecule has 0 aliphatic rings. The van der Waals surface area contributed by atoms with Gasteiger partial charge >= 0.3 is 0 Å². The molecular formula is C19H15N5O. The lowest BCUT2D eigenvalue weighted by molar-refractivity contribution is 0.573. The standard InChI is InChI=1S/C19H15N5O/c1-24-16-9-5-8-14(10-20)17(16)23-19(24)21-11-15-12-25-18(22-15)13-6-3-2-4-7-13/h2-9,12H,11H2,1H3,(H,21,23). The molecular weight excluding hydrogens is 314 g/mol. The van der Waals surface area contributed by atoms with Crippen molar-refractivity contribution in [3.63, 3.8) is 0 Å². The van der Waals surface area contributed by atoms with Crippen LogP contribution in [0.3, 0.4) is 0 Å². The predicted molar refractivity (Wildman–Crippen MR) is 94.7 cm³/mol. The molecule has 2 aromatic heterocycles. The Kier molecular flexibility index (Phi) is 3.67. The number of rotatable bonds is 4. The predicted octanol–water partition coefficient (Wildman–Crippen LogP) is 3.71. The van der Waals surface area contributed by atoms with Crippen molar-refractivity contribution in [2.45, 2.75) is 6.54 Å². The van der Waals surface area contributed by atoms with Crippen LogP contribution in [-0.2, 0) is 13.6 Å². The normalized spacial score (nSPS) is 10.7. The largest absolute Gasteiger partial charge is 0.444 e. The smallest absolute Gasteiger partial charge is 0.226 e. The molecule has 0 amide bonds. The van der Waals surface area contributed by atoms with Gasteiger partial charge in [-0.1, -0.05) is 24.3 Å². The highest BCUT2D eigenvalue weighted by Gasteiger charge is 2.12. The van der Waals surface area contributed by atoms with Crippen LogP contribution in [0, 0.1) is 11.3 Å². The Hall–Kier alpha value is -3.59. The molecule has 0 saturated heterocycles. The summed E-state index contributed by atoms with van der Waals surface area (Å²) in [5.41, 5.74) is 3.89. The van der Waals surface area contributed by atoms with Crippen LogP contribution in [0.2, 0.25) is 0 Å². The monoisotopic (exact) mass is 329 g/mol. The number of fused-ring (bicyclic) bond motifs is 1. The highest BCUT2D eigenvalue weighted by atomic mass is 16.3. The van der Waals surface area contributed by atoms with E-state index in [1.165, 1.54) is 0 Å². The van der Waals surface area contributed by atoms with Gasteiger partial charge in [-0.15, -0.1) is 0 Å². The summed E-state index contributed by atoms with van der Waals surface area (Å²) in [6.07, 6.45) is 1.64. The van der Waals surface area contributed by atoms with Crippen LogP contribution in [-0.4, -0.2) is 14.5 Å². The third kappa shape index (κ3) is 2.72. The number of benzene rings is 2. The van der Waals surface area contributed by atoms with E-state index in [-0.39, 0.29) is 0 Å². The summed E-state index contributed by atoms with van der Waals surface area (Å²) in [6.45, 7) is 0.482. The fraction of sp³-hybridized carbons (Fsp3) is 0.105. The zero-order valence-corrected chi connectivity index (χ0v) is 13.6. The van der Waals surface area contributed by atoms with E-state index >= 15 is 0 Å². The summed E-state index contributed by atoms with van der Waals surface area (Å²) < 4.78 is 7.47. The van der Waals surface area contributed by atoms with Crippen LogP contribution < -0.4 is 5.32 Å². The molecule has 2 heterocycles. The number of hydrogen-bond donors (Lipinski definition) is 1. The minimum absolute atomic E-state index is 0.482. The van der Waals surface area contributed by atoms with E-state index in [4.69, 9.17) is 4.42 Å². The molecule has 4 aromatic rings.